The molecule has 112 valence electrons. The number of carbonyl (C=O) groups excluding carboxylic acids is 1. The van der Waals surface area contributed by atoms with E-state index in [0.29, 0.717) is 10.6 Å². The van der Waals surface area contributed by atoms with Crippen LogP contribution in [0.3, 0.4) is 0 Å². The van der Waals surface area contributed by atoms with Crippen molar-refractivity contribution in [2.24, 2.45) is 0 Å². The number of amides is 1. The van der Waals surface area contributed by atoms with Crippen molar-refractivity contribution < 1.29 is 4.79 Å². The number of benzene rings is 1. The molecule has 2 heterocycles. The number of anilines is 1. The van der Waals surface area contributed by atoms with E-state index in [2.05, 4.69) is 31.4 Å². The van der Waals surface area contributed by atoms with Crippen LogP contribution in [0.1, 0.15) is 0 Å². The molecule has 22 heavy (non-hydrogen) atoms. The lowest BCUT2D eigenvalue weighted by Crippen LogP contribution is -2.19. The van der Waals surface area contributed by atoms with Gasteiger partial charge in [-0.15, -0.1) is 11.3 Å². The lowest BCUT2D eigenvalue weighted by Gasteiger charge is -2.07. The molecule has 1 amide bonds. The first-order valence-corrected chi connectivity index (χ1v) is 8.46. The van der Waals surface area contributed by atoms with E-state index < -0.39 is 0 Å². The van der Waals surface area contributed by atoms with E-state index in [1.165, 1.54) is 0 Å². The number of hydrogen-bond acceptors (Lipinski definition) is 4. The Balaban J connectivity index is 1.80. The summed E-state index contributed by atoms with van der Waals surface area (Å²) in [5.74, 6) is 0.512. The fourth-order valence-corrected chi connectivity index (χ4v) is 3.29. The third-order valence-corrected chi connectivity index (χ3v) is 4.58. The molecule has 0 aliphatic heterocycles. The number of aromatic nitrogens is 3. The van der Waals surface area contributed by atoms with Crippen LogP contribution in [-0.4, -0.2) is 20.7 Å². The van der Waals surface area contributed by atoms with E-state index in [9.17, 15) is 4.79 Å². The Morgan fingerprint density at radius 2 is 2.27 bits per heavy atom. The Morgan fingerprint density at radius 1 is 1.41 bits per heavy atom. The van der Waals surface area contributed by atoms with Crippen LogP contribution in [0.15, 0.2) is 46.3 Å². The summed E-state index contributed by atoms with van der Waals surface area (Å²) in [5, 5.41) is 11.7. The number of nitrogens with zero attached hydrogens (tertiary/aromatic N) is 2. The van der Waals surface area contributed by atoms with Gasteiger partial charge in [0.2, 0.25) is 5.91 Å². The zero-order chi connectivity index (χ0) is 15.5. The maximum atomic E-state index is 12.2. The predicted molar refractivity (Wildman–Crippen MR) is 93.5 cm³/mol. The van der Waals surface area contributed by atoms with E-state index in [4.69, 9.17) is 12.2 Å². The Labute approximate surface area is 144 Å². The summed E-state index contributed by atoms with van der Waals surface area (Å²) >= 11 is 10.1. The average Bonchev–Trinajstić information content (AvgIpc) is 3.10. The number of rotatable bonds is 4. The third kappa shape index (κ3) is 3.34. The van der Waals surface area contributed by atoms with Gasteiger partial charge in [-0.1, -0.05) is 28.1 Å². The molecule has 8 heteroatoms. The Morgan fingerprint density at radius 3 is 3.00 bits per heavy atom. The number of thiophene rings is 1. The average molecular weight is 395 g/mol. The van der Waals surface area contributed by atoms with Gasteiger partial charge in [0.1, 0.15) is 6.54 Å². The lowest BCUT2D eigenvalue weighted by molar-refractivity contribution is -0.116. The molecule has 2 N–H and O–H groups in total. The van der Waals surface area contributed by atoms with Crippen molar-refractivity contribution in [1.82, 2.24) is 14.8 Å². The summed E-state index contributed by atoms with van der Waals surface area (Å²) in [7, 11) is 0. The molecule has 3 rings (SSSR count). The molecule has 0 aliphatic carbocycles. The molecule has 0 saturated heterocycles. The number of nitrogens with one attached hydrogen (secondary N) is 2. The minimum atomic E-state index is -0.159. The number of carbonyl (C=O) groups is 1. The number of hydrogen-bond donors (Lipinski definition) is 2. The van der Waals surface area contributed by atoms with Crippen LogP contribution in [0, 0.1) is 4.77 Å². The van der Waals surface area contributed by atoms with E-state index in [1.54, 1.807) is 15.9 Å². The van der Waals surface area contributed by atoms with Crippen LogP contribution in [0.4, 0.5) is 5.69 Å². The van der Waals surface area contributed by atoms with Gasteiger partial charge < -0.3 is 5.32 Å². The molecule has 0 radical (unpaired) electrons. The Kier molecular flexibility index (Phi) is 4.51. The molecule has 0 aliphatic rings. The van der Waals surface area contributed by atoms with Crippen molar-refractivity contribution in [1.29, 1.82) is 0 Å². The summed E-state index contributed by atoms with van der Waals surface area (Å²) < 4.78 is 3.02. The van der Waals surface area contributed by atoms with E-state index >= 15 is 0 Å². The summed E-state index contributed by atoms with van der Waals surface area (Å²) in [6.07, 6.45) is 0. The predicted octanol–water partition coefficient (Wildman–Crippen LogP) is 4.07. The van der Waals surface area contributed by atoms with Crippen LogP contribution in [-0.2, 0) is 11.3 Å². The van der Waals surface area contributed by atoms with Crippen LogP contribution in [0.2, 0.25) is 0 Å². The van der Waals surface area contributed by atoms with Gasteiger partial charge in [-0.3, -0.25) is 14.5 Å². The molecule has 0 spiro atoms. The minimum absolute atomic E-state index is 0.106. The molecule has 2 aromatic heterocycles. The minimum Gasteiger partial charge on any atom is -0.324 e. The first kappa shape index (κ1) is 15.1. The fourth-order valence-electron chi connectivity index (χ4n) is 1.97. The van der Waals surface area contributed by atoms with Gasteiger partial charge in [-0.2, -0.15) is 5.10 Å². The molecular formula is C14H11BrN4OS2. The molecule has 0 fully saturated rings. The summed E-state index contributed by atoms with van der Waals surface area (Å²) in [4.78, 5) is 13.2. The quantitative estimate of drug-likeness (QED) is 0.655. The van der Waals surface area contributed by atoms with Gasteiger partial charge in [-0.25, -0.2) is 0 Å². The summed E-state index contributed by atoms with van der Waals surface area (Å²) in [6, 6.07) is 11.3. The van der Waals surface area contributed by atoms with Crippen molar-refractivity contribution >= 4 is 51.1 Å². The van der Waals surface area contributed by atoms with Crippen molar-refractivity contribution in [2.45, 2.75) is 6.54 Å². The highest BCUT2D eigenvalue weighted by atomic mass is 79.9. The molecular weight excluding hydrogens is 384 g/mol. The third-order valence-electron chi connectivity index (χ3n) is 2.91. The van der Waals surface area contributed by atoms with Crippen molar-refractivity contribution in [3.05, 3.63) is 51.0 Å². The second kappa shape index (κ2) is 6.55. The van der Waals surface area contributed by atoms with E-state index in [1.807, 2.05) is 41.8 Å². The van der Waals surface area contributed by atoms with Gasteiger partial charge in [0.05, 0.1) is 4.88 Å². The fraction of sp³-hybridized carbons (Fsp3) is 0.0714. The van der Waals surface area contributed by atoms with Gasteiger partial charge in [0.25, 0.3) is 0 Å². The van der Waals surface area contributed by atoms with Crippen LogP contribution in [0.25, 0.3) is 10.7 Å². The van der Waals surface area contributed by atoms with Gasteiger partial charge in [0.15, 0.2) is 10.6 Å². The second-order valence-corrected chi connectivity index (χ2v) is 6.72. The van der Waals surface area contributed by atoms with E-state index in [0.717, 1.165) is 15.0 Å². The number of H-pyrrole nitrogens is 1. The molecule has 1 aromatic carbocycles. The van der Waals surface area contributed by atoms with Crippen LogP contribution >= 0.6 is 39.5 Å². The Bertz CT molecular complexity index is 854. The SMILES string of the molecule is O=C(Cn1c(-c2cccs2)n[nH]c1=S)Nc1cccc(Br)c1. The highest BCUT2D eigenvalue weighted by Crippen LogP contribution is 2.23. The lowest BCUT2D eigenvalue weighted by atomic mass is 10.3. The molecule has 0 saturated carbocycles. The highest BCUT2D eigenvalue weighted by Gasteiger charge is 2.13. The topological polar surface area (TPSA) is 62.7 Å². The normalized spacial score (nSPS) is 10.6. The maximum absolute atomic E-state index is 12.2. The number of aromatic amines is 1. The largest absolute Gasteiger partial charge is 0.324 e. The van der Waals surface area contributed by atoms with Crippen molar-refractivity contribution in [3.63, 3.8) is 0 Å². The molecule has 3 aromatic rings. The van der Waals surface area contributed by atoms with Crippen LogP contribution in [0.5, 0.6) is 0 Å². The first-order chi connectivity index (χ1) is 10.6. The number of halogens is 1. The molecule has 0 bridgehead atoms. The van der Waals surface area contributed by atoms with Gasteiger partial charge in [-0.05, 0) is 41.9 Å². The van der Waals surface area contributed by atoms with Crippen molar-refractivity contribution in [3.8, 4) is 10.7 Å². The second-order valence-electron chi connectivity index (χ2n) is 4.47. The highest BCUT2D eigenvalue weighted by molar-refractivity contribution is 9.10. The van der Waals surface area contributed by atoms with E-state index in [-0.39, 0.29) is 12.5 Å². The zero-order valence-electron chi connectivity index (χ0n) is 11.2. The smallest absolute Gasteiger partial charge is 0.244 e. The molecule has 5 nitrogen and oxygen atoms in total. The zero-order valence-corrected chi connectivity index (χ0v) is 14.5. The van der Waals surface area contributed by atoms with Gasteiger partial charge >= 0.3 is 0 Å². The monoisotopic (exact) mass is 394 g/mol. The summed E-state index contributed by atoms with van der Waals surface area (Å²) in [5.41, 5.74) is 0.729. The molecule has 0 atom stereocenters. The van der Waals surface area contributed by atoms with Crippen LogP contribution < -0.4 is 5.32 Å². The van der Waals surface area contributed by atoms with Gasteiger partial charge in [0, 0.05) is 10.2 Å². The maximum Gasteiger partial charge on any atom is 0.244 e. The summed E-state index contributed by atoms with van der Waals surface area (Å²) in [6.45, 7) is 0.106. The standard InChI is InChI=1S/C14H11BrN4OS2/c15-9-3-1-4-10(7-9)16-12(20)8-19-13(17-18-14(19)21)11-5-2-6-22-11/h1-7H,8H2,(H,16,20)(H,18,21). The Hall–Kier alpha value is -1.77. The molecule has 0 unspecified atom stereocenters. The van der Waals surface area contributed by atoms with Crippen molar-refractivity contribution in [2.75, 3.05) is 5.32 Å². The first-order valence-electron chi connectivity index (χ1n) is 6.38.